The fourth-order valence-corrected chi connectivity index (χ4v) is 5.81. The molecule has 0 N–H and O–H groups in total. The monoisotopic (exact) mass is 605 g/mol. The van der Waals surface area contributed by atoms with Crippen molar-refractivity contribution in [1.82, 2.24) is 24.4 Å². The van der Waals surface area contributed by atoms with Crippen molar-refractivity contribution in [2.24, 2.45) is 0 Å². The second kappa shape index (κ2) is 13.3. The fourth-order valence-electron chi connectivity index (χ4n) is 4.91. The Balaban J connectivity index is 1.29. The van der Waals surface area contributed by atoms with E-state index in [1.807, 2.05) is 110 Å². The molecule has 0 atom stereocenters. The first-order chi connectivity index (χ1) is 21.5. The maximum absolute atomic E-state index is 13.5. The van der Waals surface area contributed by atoms with Crippen LogP contribution in [0.3, 0.4) is 0 Å². The molecule has 0 amide bonds. The molecule has 0 aliphatic heterocycles. The van der Waals surface area contributed by atoms with Gasteiger partial charge in [0.1, 0.15) is 17.2 Å². The van der Waals surface area contributed by atoms with Crippen molar-refractivity contribution < 1.29 is 9.47 Å². The Morgan fingerprint density at radius 2 is 1.59 bits per heavy atom. The second-order valence-electron chi connectivity index (χ2n) is 10.9. The highest BCUT2D eigenvalue weighted by Crippen LogP contribution is 2.27. The largest absolute Gasteiger partial charge is 0.494 e. The summed E-state index contributed by atoms with van der Waals surface area (Å²) < 4.78 is 15.4. The van der Waals surface area contributed by atoms with Crippen molar-refractivity contribution >= 4 is 22.4 Å². The van der Waals surface area contributed by atoms with E-state index in [2.05, 4.69) is 17.0 Å². The average Bonchev–Trinajstić information content (AvgIpc) is 3.73. The zero-order valence-electron chi connectivity index (χ0n) is 25.1. The molecule has 0 unspecified atom stereocenters. The molecule has 44 heavy (non-hydrogen) atoms. The van der Waals surface area contributed by atoms with E-state index < -0.39 is 0 Å². The fraction of sp³-hybridized carbons (Fsp3) is 0.257. The lowest BCUT2D eigenvalue weighted by Gasteiger charge is -2.09. The van der Waals surface area contributed by atoms with E-state index in [9.17, 15) is 4.79 Å². The molecule has 0 aliphatic carbocycles. The number of hydrogen-bond acceptors (Lipinski definition) is 7. The number of ether oxygens (including phenoxy) is 2. The highest BCUT2D eigenvalue weighted by Gasteiger charge is 2.15. The number of benzene rings is 3. The average molecular weight is 606 g/mol. The number of nitrogens with zero attached hydrogens (tertiary/aromatic N) is 5. The molecule has 8 nitrogen and oxygen atoms in total. The Bertz CT molecular complexity index is 1940. The first-order valence-corrected chi connectivity index (χ1v) is 15.9. The van der Waals surface area contributed by atoms with Crippen molar-refractivity contribution in [1.29, 1.82) is 0 Å². The van der Waals surface area contributed by atoms with Crippen LogP contribution in [0, 0.1) is 0 Å². The molecule has 224 valence electrons. The summed E-state index contributed by atoms with van der Waals surface area (Å²) in [6, 6.07) is 25.5. The van der Waals surface area contributed by atoms with E-state index in [-0.39, 0.29) is 11.7 Å². The van der Waals surface area contributed by atoms with Crippen molar-refractivity contribution in [3.8, 4) is 39.8 Å². The van der Waals surface area contributed by atoms with Crippen molar-refractivity contribution in [2.75, 3.05) is 6.61 Å². The summed E-state index contributed by atoms with van der Waals surface area (Å²) in [5.41, 5.74) is 4.05. The van der Waals surface area contributed by atoms with Crippen LogP contribution in [0.4, 0.5) is 0 Å². The number of aromatic nitrogens is 5. The van der Waals surface area contributed by atoms with Crippen LogP contribution < -0.4 is 19.6 Å². The molecule has 0 radical (unpaired) electrons. The van der Waals surface area contributed by atoms with Crippen molar-refractivity contribution in [2.45, 2.75) is 52.6 Å². The molecule has 0 aliphatic rings. The van der Waals surface area contributed by atoms with Gasteiger partial charge in [-0.15, -0.1) is 5.10 Å². The van der Waals surface area contributed by atoms with Gasteiger partial charge in [0.05, 0.1) is 22.9 Å². The van der Waals surface area contributed by atoms with E-state index in [1.165, 1.54) is 35.1 Å². The first-order valence-electron chi connectivity index (χ1n) is 15.0. The summed E-state index contributed by atoms with van der Waals surface area (Å²) >= 11 is 1.31. The lowest BCUT2D eigenvalue weighted by molar-refractivity contribution is 0.242. The Kier molecular flexibility index (Phi) is 8.84. The van der Waals surface area contributed by atoms with E-state index in [0.29, 0.717) is 21.9 Å². The van der Waals surface area contributed by atoms with Crippen LogP contribution in [0.2, 0.25) is 0 Å². The molecule has 9 heteroatoms. The summed E-state index contributed by atoms with van der Waals surface area (Å²) in [5.74, 6) is 2.13. The number of fused-ring (bicyclic) bond motifs is 1. The maximum Gasteiger partial charge on any atom is 0.291 e. The molecule has 0 saturated heterocycles. The van der Waals surface area contributed by atoms with Gasteiger partial charge >= 0.3 is 0 Å². The molecule has 3 heterocycles. The highest BCUT2D eigenvalue weighted by molar-refractivity contribution is 7.15. The van der Waals surface area contributed by atoms with Gasteiger partial charge in [-0.25, -0.2) is 4.68 Å². The van der Waals surface area contributed by atoms with E-state index >= 15 is 0 Å². The molecular weight excluding hydrogens is 570 g/mol. The zero-order chi connectivity index (χ0) is 30.5. The second-order valence-corrected chi connectivity index (χ2v) is 11.9. The molecule has 6 aromatic rings. The number of thiazole rings is 1. The van der Waals surface area contributed by atoms with E-state index in [1.54, 1.807) is 0 Å². The van der Waals surface area contributed by atoms with Gasteiger partial charge < -0.3 is 9.47 Å². The lowest BCUT2D eigenvalue weighted by Crippen LogP contribution is -2.23. The van der Waals surface area contributed by atoms with Gasteiger partial charge in [0, 0.05) is 22.9 Å². The van der Waals surface area contributed by atoms with Crippen LogP contribution in [-0.2, 0) is 0 Å². The number of hydrogen-bond donors (Lipinski definition) is 0. The lowest BCUT2D eigenvalue weighted by atomic mass is 10.1. The molecule has 0 saturated carbocycles. The SMILES string of the molecule is CCCCCCOc1ccc(-c2nc3sc(=Cc4cn(-c5ccccc5)nc4-c4ccc(OC(C)C)cc4)c(=O)n3n2)cc1. The van der Waals surface area contributed by atoms with Crippen LogP contribution in [0.1, 0.15) is 52.0 Å². The molecule has 3 aromatic heterocycles. The summed E-state index contributed by atoms with van der Waals surface area (Å²) in [7, 11) is 0. The third kappa shape index (κ3) is 6.58. The molecule has 0 spiro atoms. The summed E-state index contributed by atoms with van der Waals surface area (Å²) in [6.45, 7) is 6.91. The van der Waals surface area contributed by atoms with Crippen LogP contribution in [0.15, 0.2) is 89.9 Å². The Morgan fingerprint density at radius 1 is 0.864 bits per heavy atom. The molecular formula is C35H35N5O3S. The summed E-state index contributed by atoms with van der Waals surface area (Å²) in [6.07, 6.45) is 8.56. The minimum absolute atomic E-state index is 0.0860. The zero-order valence-corrected chi connectivity index (χ0v) is 26.0. The van der Waals surface area contributed by atoms with Crippen LogP contribution in [0.25, 0.3) is 39.4 Å². The van der Waals surface area contributed by atoms with Gasteiger partial charge in [-0.3, -0.25) is 4.79 Å². The third-order valence-corrected chi connectivity index (χ3v) is 8.07. The van der Waals surface area contributed by atoms with Crippen molar-refractivity contribution in [3.63, 3.8) is 0 Å². The normalized spacial score (nSPS) is 12.0. The Labute approximate surface area is 260 Å². The maximum atomic E-state index is 13.5. The van der Waals surface area contributed by atoms with Gasteiger partial charge in [-0.2, -0.15) is 14.6 Å². The quantitative estimate of drug-likeness (QED) is 0.140. The van der Waals surface area contributed by atoms with E-state index in [4.69, 9.17) is 14.6 Å². The number of unbranched alkanes of at least 4 members (excludes halogenated alkanes) is 3. The van der Waals surface area contributed by atoms with Crippen LogP contribution >= 0.6 is 11.3 Å². The van der Waals surface area contributed by atoms with Gasteiger partial charge in [-0.1, -0.05) is 55.7 Å². The molecule has 0 bridgehead atoms. The van der Waals surface area contributed by atoms with Gasteiger partial charge in [0.25, 0.3) is 5.56 Å². The number of rotatable bonds is 12. The van der Waals surface area contributed by atoms with Gasteiger partial charge in [0.2, 0.25) is 4.96 Å². The molecule has 6 rings (SSSR count). The molecule has 0 fully saturated rings. The third-order valence-electron chi connectivity index (χ3n) is 7.11. The standard InChI is InChI=1S/C35H35N5O3S/c1-4-5-6-10-21-42-29-17-15-26(16-18-29)33-36-35-40(38-33)34(41)31(44-35)22-27-23-39(28-11-8-7-9-12-28)37-32(27)25-13-19-30(20-14-25)43-24(2)3/h7-9,11-20,22-24H,4-6,10,21H2,1-3H3. The van der Waals surface area contributed by atoms with E-state index in [0.717, 1.165) is 46.0 Å². The van der Waals surface area contributed by atoms with Crippen LogP contribution in [0.5, 0.6) is 11.5 Å². The minimum atomic E-state index is -0.213. The summed E-state index contributed by atoms with van der Waals surface area (Å²) in [5, 5.41) is 9.44. The van der Waals surface area contributed by atoms with Gasteiger partial charge in [0.15, 0.2) is 5.82 Å². The molecule has 3 aromatic carbocycles. The predicted octanol–water partition coefficient (Wildman–Crippen LogP) is 6.96. The van der Waals surface area contributed by atoms with Crippen LogP contribution in [-0.4, -0.2) is 37.1 Å². The first kappa shape index (κ1) is 29.3. The van der Waals surface area contributed by atoms with Gasteiger partial charge in [-0.05, 0) is 87.0 Å². The Morgan fingerprint density at radius 3 is 2.30 bits per heavy atom. The Hall–Kier alpha value is -4.76. The number of para-hydroxylation sites is 1. The summed E-state index contributed by atoms with van der Waals surface area (Å²) in [4.78, 5) is 18.7. The highest BCUT2D eigenvalue weighted by atomic mass is 32.1. The topological polar surface area (TPSA) is 83.5 Å². The smallest absolute Gasteiger partial charge is 0.291 e. The predicted molar refractivity (Wildman–Crippen MR) is 176 cm³/mol. The van der Waals surface area contributed by atoms with Crippen molar-refractivity contribution in [3.05, 3.63) is 106 Å². The minimum Gasteiger partial charge on any atom is -0.494 e.